The Morgan fingerprint density at radius 3 is 2.45 bits per heavy atom. The van der Waals surface area contributed by atoms with Crippen LogP contribution in [0.15, 0.2) is 0 Å². The minimum Gasteiger partial charge on any atom is -0.348 e. The molecule has 0 saturated carbocycles. The van der Waals surface area contributed by atoms with E-state index >= 15 is 0 Å². The topological polar surface area (TPSA) is 20.3 Å². The van der Waals surface area contributed by atoms with Gasteiger partial charge in [0, 0.05) is 13.6 Å². The van der Waals surface area contributed by atoms with Crippen LogP contribution in [-0.4, -0.2) is 24.9 Å². The normalized spacial score (nSPS) is 10.2. The fraction of sp³-hybridized carbons (Fsp3) is 0.889. The molecule has 0 N–H and O–H groups in total. The van der Waals surface area contributed by atoms with Gasteiger partial charge in [-0.05, 0) is 12.3 Å². The highest BCUT2D eigenvalue weighted by atomic mass is 16.1. The number of hydrogen-bond donors (Lipinski definition) is 0. The molecule has 0 bridgehead atoms. The van der Waals surface area contributed by atoms with Crippen molar-refractivity contribution in [1.82, 2.24) is 4.90 Å². The standard InChI is InChI=1S/C9H19NO/c1-9(2)6-4-5-7-10(3)8-11/h8-9H,4-7H2,1-3H3. The molecule has 2 nitrogen and oxygen atoms in total. The lowest BCUT2D eigenvalue weighted by atomic mass is 10.1. The van der Waals surface area contributed by atoms with Gasteiger partial charge in [-0.2, -0.15) is 0 Å². The van der Waals surface area contributed by atoms with E-state index in [1.54, 1.807) is 4.90 Å². The molecular formula is C9H19NO. The van der Waals surface area contributed by atoms with Crippen LogP contribution < -0.4 is 0 Å². The SMILES string of the molecule is CC(C)CCCCN(C)C=O. The third-order valence-electron chi connectivity index (χ3n) is 1.72. The monoisotopic (exact) mass is 157 g/mol. The summed E-state index contributed by atoms with van der Waals surface area (Å²) in [6, 6.07) is 0. The Labute approximate surface area is 69.6 Å². The molecule has 0 aromatic carbocycles. The van der Waals surface area contributed by atoms with Crippen LogP contribution in [0.3, 0.4) is 0 Å². The summed E-state index contributed by atoms with van der Waals surface area (Å²) in [6.45, 7) is 5.35. The van der Waals surface area contributed by atoms with Gasteiger partial charge in [0.15, 0.2) is 0 Å². The van der Waals surface area contributed by atoms with E-state index in [1.807, 2.05) is 7.05 Å². The second-order valence-electron chi connectivity index (χ2n) is 3.48. The Bertz CT molecular complexity index is 102. The summed E-state index contributed by atoms with van der Waals surface area (Å²) in [5, 5.41) is 0. The maximum Gasteiger partial charge on any atom is 0.209 e. The first-order chi connectivity index (χ1) is 5.16. The largest absolute Gasteiger partial charge is 0.348 e. The summed E-state index contributed by atoms with van der Waals surface area (Å²) in [5.41, 5.74) is 0. The van der Waals surface area contributed by atoms with Crippen molar-refractivity contribution in [2.24, 2.45) is 5.92 Å². The van der Waals surface area contributed by atoms with E-state index in [2.05, 4.69) is 13.8 Å². The molecule has 0 radical (unpaired) electrons. The fourth-order valence-corrected chi connectivity index (χ4v) is 0.966. The molecule has 0 heterocycles. The van der Waals surface area contributed by atoms with Crippen LogP contribution in [0.5, 0.6) is 0 Å². The van der Waals surface area contributed by atoms with Gasteiger partial charge in [-0.25, -0.2) is 0 Å². The third kappa shape index (κ3) is 7.37. The molecule has 0 aromatic heterocycles. The maximum absolute atomic E-state index is 10.2. The van der Waals surface area contributed by atoms with Gasteiger partial charge in [-0.1, -0.05) is 26.7 Å². The Hall–Kier alpha value is -0.530. The van der Waals surface area contributed by atoms with Crippen molar-refractivity contribution < 1.29 is 4.79 Å². The first-order valence-electron chi connectivity index (χ1n) is 4.32. The molecule has 2 heteroatoms. The minimum absolute atomic E-state index is 0.788. The van der Waals surface area contributed by atoms with Crippen molar-refractivity contribution >= 4 is 6.41 Å². The molecule has 0 unspecified atom stereocenters. The van der Waals surface area contributed by atoms with Gasteiger partial charge in [-0.3, -0.25) is 4.79 Å². The number of amides is 1. The Kier molecular flexibility index (Phi) is 5.90. The van der Waals surface area contributed by atoms with E-state index < -0.39 is 0 Å². The lowest BCUT2D eigenvalue weighted by Gasteiger charge is -2.10. The molecular weight excluding hydrogens is 138 g/mol. The van der Waals surface area contributed by atoms with Gasteiger partial charge in [0.2, 0.25) is 6.41 Å². The van der Waals surface area contributed by atoms with Crippen LogP contribution in [0.2, 0.25) is 0 Å². The molecule has 0 aliphatic carbocycles. The summed E-state index contributed by atoms with van der Waals surface area (Å²) < 4.78 is 0. The summed E-state index contributed by atoms with van der Waals surface area (Å²) in [5.74, 6) is 0.788. The number of carbonyl (C=O) groups excluding carboxylic acids is 1. The fourth-order valence-electron chi connectivity index (χ4n) is 0.966. The highest BCUT2D eigenvalue weighted by Gasteiger charge is 1.95. The van der Waals surface area contributed by atoms with E-state index in [1.165, 1.54) is 12.8 Å². The van der Waals surface area contributed by atoms with Crippen molar-refractivity contribution in [3.63, 3.8) is 0 Å². The lowest BCUT2D eigenvalue weighted by Crippen LogP contribution is -2.16. The Morgan fingerprint density at radius 2 is 2.00 bits per heavy atom. The van der Waals surface area contributed by atoms with Crippen LogP contribution >= 0.6 is 0 Å². The van der Waals surface area contributed by atoms with Gasteiger partial charge >= 0.3 is 0 Å². The first-order valence-corrected chi connectivity index (χ1v) is 4.32. The number of unbranched alkanes of at least 4 members (excludes halogenated alkanes) is 1. The first kappa shape index (κ1) is 10.5. The summed E-state index contributed by atoms with van der Waals surface area (Å²) in [6.07, 6.45) is 4.52. The van der Waals surface area contributed by atoms with Crippen LogP contribution in [0.4, 0.5) is 0 Å². The van der Waals surface area contributed by atoms with E-state index in [9.17, 15) is 4.79 Å². The van der Waals surface area contributed by atoms with Gasteiger partial charge in [0.25, 0.3) is 0 Å². The van der Waals surface area contributed by atoms with E-state index in [0.29, 0.717) is 0 Å². The molecule has 0 aromatic rings. The highest BCUT2D eigenvalue weighted by molar-refractivity contribution is 5.46. The number of rotatable bonds is 6. The molecule has 66 valence electrons. The van der Waals surface area contributed by atoms with Gasteiger partial charge < -0.3 is 4.90 Å². The minimum atomic E-state index is 0.788. The zero-order chi connectivity index (χ0) is 8.69. The Balaban J connectivity index is 3.07. The smallest absolute Gasteiger partial charge is 0.209 e. The van der Waals surface area contributed by atoms with E-state index in [4.69, 9.17) is 0 Å². The summed E-state index contributed by atoms with van der Waals surface area (Å²) in [7, 11) is 1.82. The van der Waals surface area contributed by atoms with Crippen LogP contribution in [0.1, 0.15) is 33.1 Å². The van der Waals surface area contributed by atoms with Crippen molar-refractivity contribution in [1.29, 1.82) is 0 Å². The van der Waals surface area contributed by atoms with Crippen molar-refractivity contribution in [2.45, 2.75) is 33.1 Å². The average molecular weight is 157 g/mol. The van der Waals surface area contributed by atoms with Crippen molar-refractivity contribution in [3.8, 4) is 0 Å². The molecule has 0 fully saturated rings. The maximum atomic E-state index is 10.2. The zero-order valence-electron chi connectivity index (χ0n) is 7.84. The number of hydrogen-bond acceptors (Lipinski definition) is 1. The van der Waals surface area contributed by atoms with Gasteiger partial charge in [0.05, 0.1) is 0 Å². The zero-order valence-corrected chi connectivity index (χ0v) is 7.84. The number of carbonyl (C=O) groups is 1. The van der Waals surface area contributed by atoms with Crippen molar-refractivity contribution in [2.75, 3.05) is 13.6 Å². The predicted molar refractivity (Wildman–Crippen MR) is 47.4 cm³/mol. The van der Waals surface area contributed by atoms with E-state index in [0.717, 1.165) is 25.3 Å². The van der Waals surface area contributed by atoms with E-state index in [-0.39, 0.29) is 0 Å². The van der Waals surface area contributed by atoms with Gasteiger partial charge in [-0.15, -0.1) is 0 Å². The summed E-state index contributed by atoms with van der Waals surface area (Å²) >= 11 is 0. The summed E-state index contributed by atoms with van der Waals surface area (Å²) in [4.78, 5) is 11.9. The molecule has 0 spiro atoms. The molecule has 11 heavy (non-hydrogen) atoms. The predicted octanol–water partition coefficient (Wildman–Crippen LogP) is 1.90. The molecule has 0 aliphatic heterocycles. The van der Waals surface area contributed by atoms with Crippen molar-refractivity contribution in [3.05, 3.63) is 0 Å². The lowest BCUT2D eigenvalue weighted by molar-refractivity contribution is -0.117. The second-order valence-corrected chi connectivity index (χ2v) is 3.48. The van der Waals surface area contributed by atoms with Crippen LogP contribution in [-0.2, 0) is 4.79 Å². The third-order valence-corrected chi connectivity index (χ3v) is 1.72. The molecule has 0 atom stereocenters. The molecule has 0 rings (SSSR count). The molecule has 1 amide bonds. The average Bonchev–Trinajstić information content (AvgIpc) is 1.97. The molecule has 0 saturated heterocycles. The highest BCUT2D eigenvalue weighted by Crippen LogP contribution is 2.05. The Morgan fingerprint density at radius 1 is 1.36 bits per heavy atom. The second kappa shape index (κ2) is 6.20. The molecule has 0 aliphatic rings. The van der Waals surface area contributed by atoms with Crippen LogP contribution in [0, 0.1) is 5.92 Å². The quantitative estimate of drug-likeness (QED) is 0.426. The number of nitrogens with zero attached hydrogens (tertiary/aromatic N) is 1. The van der Waals surface area contributed by atoms with Gasteiger partial charge in [0.1, 0.15) is 0 Å². The van der Waals surface area contributed by atoms with Crippen LogP contribution in [0.25, 0.3) is 0 Å².